The van der Waals surface area contributed by atoms with E-state index in [0.717, 1.165) is 11.5 Å². The number of carbonyl (C=O) groups excluding carboxylic acids is 1. The quantitative estimate of drug-likeness (QED) is 0.729. The van der Waals surface area contributed by atoms with E-state index in [1.54, 1.807) is 25.4 Å². The fourth-order valence-corrected chi connectivity index (χ4v) is 2.00. The lowest BCUT2D eigenvalue weighted by atomic mass is 10.2. The van der Waals surface area contributed by atoms with Gasteiger partial charge in [-0.15, -0.1) is 0 Å². The molecule has 0 aliphatic carbocycles. The monoisotopic (exact) mass is 329 g/mol. The van der Waals surface area contributed by atoms with Gasteiger partial charge in [0.2, 0.25) is 0 Å². The Hall–Kier alpha value is -2.76. The zero-order chi connectivity index (χ0) is 17.4. The van der Waals surface area contributed by atoms with Crippen LogP contribution in [0.25, 0.3) is 0 Å². The second-order valence-electron chi connectivity index (χ2n) is 5.51. The van der Waals surface area contributed by atoms with Gasteiger partial charge < -0.3 is 20.1 Å². The van der Waals surface area contributed by atoms with Crippen LogP contribution in [-0.2, 0) is 0 Å². The Labute approximate surface area is 142 Å². The van der Waals surface area contributed by atoms with E-state index in [0.29, 0.717) is 24.5 Å². The summed E-state index contributed by atoms with van der Waals surface area (Å²) in [6.07, 6.45) is 1.56. The SMILES string of the molecule is COc1ccc(OCCNc2ccc(C(=O)NC(C)C)cn2)cc1. The third-order valence-electron chi connectivity index (χ3n) is 3.18. The number of ether oxygens (including phenoxy) is 2. The van der Waals surface area contributed by atoms with Crippen molar-refractivity contribution in [2.75, 3.05) is 25.6 Å². The molecular weight excluding hydrogens is 306 g/mol. The van der Waals surface area contributed by atoms with Crippen LogP contribution in [0.4, 0.5) is 5.82 Å². The van der Waals surface area contributed by atoms with E-state index in [-0.39, 0.29) is 11.9 Å². The fourth-order valence-electron chi connectivity index (χ4n) is 2.00. The van der Waals surface area contributed by atoms with Crippen molar-refractivity contribution in [3.05, 3.63) is 48.2 Å². The maximum absolute atomic E-state index is 11.8. The van der Waals surface area contributed by atoms with Crippen molar-refractivity contribution in [2.45, 2.75) is 19.9 Å². The highest BCUT2D eigenvalue weighted by Gasteiger charge is 2.07. The third-order valence-corrected chi connectivity index (χ3v) is 3.18. The van der Waals surface area contributed by atoms with Crippen LogP contribution in [0.15, 0.2) is 42.6 Å². The molecule has 2 aromatic rings. The summed E-state index contributed by atoms with van der Waals surface area (Å²) < 4.78 is 10.7. The summed E-state index contributed by atoms with van der Waals surface area (Å²) in [4.78, 5) is 16.1. The van der Waals surface area contributed by atoms with Crippen molar-refractivity contribution < 1.29 is 14.3 Å². The molecule has 0 aliphatic rings. The number of hydrogen-bond donors (Lipinski definition) is 2. The van der Waals surface area contributed by atoms with Crippen LogP contribution < -0.4 is 20.1 Å². The average molecular weight is 329 g/mol. The number of amides is 1. The molecule has 128 valence electrons. The molecular formula is C18H23N3O3. The highest BCUT2D eigenvalue weighted by Crippen LogP contribution is 2.16. The maximum atomic E-state index is 11.8. The van der Waals surface area contributed by atoms with Gasteiger partial charge in [0.1, 0.15) is 23.9 Å². The Balaban J connectivity index is 1.75. The molecule has 0 bridgehead atoms. The van der Waals surface area contributed by atoms with Crippen molar-refractivity contribution in [3.8, 4) is 11.5 Å². The van der Waals surface area contributed by atoms with Crippen molar-refractivity contribution in [1.82, 2.24) is 10.3 Å². The number of rotatable bonds is 8. The summed E-state index contributed by atoms with van der Waals surface area (Å²) in [6, 6.07) is 11.1. The summed E-state index contributed by atoms with van der Waals surface area (Å²) in [5, 5.41) is 5.98. The summed E-state index contributed by atoms with van der Waals surface area (Å²) in [5.74, 6) is 2.17. The smallest absolute Gasteiger partial charge is 0.253 e. The minimum absolute atomic E-state index is 0.102. The highest BCUT2D eigenvalue weighted by molar-refractivity contribution is 5.94. The minimum Gasteiger partial charge on any atom is -0.497 e. The first-order valence-electron chi connectivity index (χ1n) is 7.86. The summed E-state index contributed by atoms with van der Waals surface area (Å²) in [5.41, 5.74) is 0.545. The topological polar surface area (TPSA) is 72.5 Å². The number of benzene rings is 1. The van der Waals surface area contributed by atoms with Crippen LogP contribution in [0.1, 0.15) is 24.2 Å². The molecule has 0 saturated carbocycles. The van der Waals surface area contributed by atoms with Crippen LogP contribution in [0.3, 0.4) is 0 Å². The molecule has 2 N–H and O–H groups in total. The molecule has 0 radical (unpaired) electrons. The Morgan fingerprint density at radius 3 is 2.42 bits per heavy atom. The van der Waals surface area contributed by atoms with Gasteiger partial charge in [-0.2, -0.15) is 0 Å². The predicted octanol–water partition coefficient (Wildman–Crippen LogP) is 2.72. The standard InChI is InChI=1S/C18H23N3O3/c1-13(2)21-18(22)14-4-9-17(20-12-14)19-10-11-24-16-7-5-15(23-3)6-8-16/h4-9,12-13H,10-11H2,1-3H3,(H,19,20)(H,21,22). The molecule has 0 saturated heterocycles. The van der Waals surface area contributed by atoms with Gasteiger partial charge in [0, 0.05) is 12.2 Å². The molecule has 6 nitrogen and oxygen atoms in total. The zero-order valence-corrected chi connectivity index (χ0v) is 14.2. The molecule has 1 amide bonds. The largest absolute Gasteiger partial charge is 0.497 e. The molecule has 1 aromatic carbocycles. The number of hydrogen-bond acceptors (Lipinski definition) is 5. The van der Waals surface area contributed by atoms with Gasteiger partial charge in [-0.25, -0.2) is 4.98 Å². The number of pyridine rings is 1. The van der Waals surface area contributed by atoms with Crippen LogP contribution in [0.5, 0.6) is 11.5 Å². The van der Waals surface area contributed by atoms with Crippen LogP contribution in [-0.4, -0.2) is 37.2 Å². The molecule has 0 unspecified atom stereocenters. The van der Waals surface area contributed by atoms with Crippen molar-refractivity contribution in [3.63, 3.8) is 0 Å². The van der Waals surface area contributed by atoms with Gasteiger partial charge in [-0.1, -0.05) is 0 Å². The number of anilines is 1. The molecule has 0 fully saturated rings. The lowest BCUT2D eigenvalue weighted by Crippen LogP contribution is -2.30. The van der Waals surface area contributed by atoms with Crippen LogP contribution in [0, 0.1) is 0 Å². The van der Waals surface area contributed by atoms with E-state index < -0.39 is 0 Å². The van der Waals surface area contributed by atoms with E-state index in [2.05, 4.69) is 15.6 Å². The summed E-state index contributed by atoms with van der Waals surface area (Å²) >= 11 is 0. The van der Waals surface area contributed by atoms with E-state index in [4.69, 9.17) is 9.47 Å². The van der Waals surface area contributed by atoms with Gasteiger partial charge in [-0.3, -0.25) is 4.79 Å². The third kappa shape index (κ3) is 5.46. The lowest BCUT2D eigenvalue weighted by Gasteiger charge is -2.10. The second kappa shape index (κ2) is 8.76. The number of methoxy groups -OCH3 is 1. The predicted molar refractivity (Wildman–Crippen MR) is 93.8 cm³/mol. The van der Waals surface area contributed by atoms with Gasteiger partial charge in [0.25, 0.3) is 5.91 Å². The number of nitrogens with zero attached hydrogens (tertiary/aromatic N) is 1. The molecule has 0 spiro atoms. The Kier molecular flexibility index (Phi) is 6.42. The maximum Gasteiger partial charge on any atom is 0.253 e. The average Bonchev–Trinajstić information content (AvgIpc) is 2.59. The number of carbonyl (C=O) groups is 1. The van der Waals surface area contributed by atoms with Crippen LogP contribution in [0.2, 0.25) is 0 Å². The first-order valence-corrected chi connectivity index (χ1v) is 7.86. The van der Waals surface area contributed by atoms with Crippen molar-refractivity contribution in [1.29, 1.82) is 0 Å². The minimum atomic E-state index is -0.119. The van der Waals surface area contributed by atoms with E-state index in [1.165, 1.54) is 0 Å². The first kappa shape index (κ1) is 17.6. The molecule has 1 aromatic heterocycles. The Morgan fingerprint density at radius 2 is 1.83 bits per heavy atom. The Morgan fingerprint density at radius 1 is 1.12 bits per heavy atom. The van der Waals surface area contributed by atoms with Crippen molar-refractivity contribution in [2.24, 2.45) is 0 Å². The normalized spacial score (nSPS) is 10.3. The number of nitrogens with one attached hydrogen (secondary N) is 2. The van der Waals surface area contributed by atoms with Gasteiger partial charge >= 0.3 is 0 Å². The van der Waals surface area contributed by atoms with Crippen LogP contribution >= 0.6 is 0 Å². The van der Waals surface area contributed by atoms with E-state index in [9.17, 15) is 4.79 Å². The summed E-state index contributed by atoms with van der Waals surface area (Å²) in [6.45, 7) is 4.95. The zero-order valence-electron chi connectivity index (χ0n) is 14.2. The molecule has 2 rings (SSSR count). The Bertz CT molecular complexity index is 640. The molecule has 6 heteroatoms. The lowest BCUT2D eigenvalue weighted by molar-refractivity contribution is 0.0943. The second-order valence-corrected chi connectivity index (χ2v) is 5.51. The fraction of sp³-hybridized carbons (Fsp3) is 0.333. The van der Waals surface area contributed by atoms with E-state index >= 15 is 0 Å². The summed E-state index contributed by atoms with van der Waals surface area (Å²) in [7, 11) is 1.63. The molecule has 1 heterocycles. The van der Waals surface area contributed by atoms with Gasteiger partial charge in [0.05, 0.1) is 19.2 Å². The van der Waals surface area contributed by atoms with Crippen molar-refractivity contribution >= 4 is 11.7 Å². The first-order chi connectivity index (χ1) is 11.6. The molecule has 0 aliphatic heterocycles. The van der Waals surface area contributed by atoms with Gasteiger partial charge in [-0.05, 0) is 50.2 Å². The number of aromatic nitrogens is 1. The van der Waals surface area contributed by atoms with Gasteiger partial charge in [0.15, 0.2) is 0 Å². The highest BCUT2D eigenvalue weighted by atomic mass is 16.5. The molecule has 0 atom stereocenters. The molecule has 24 heavy (non-hydrogen) atoms. The van der Waals surface area contributed by atoms with E-state index in [1.807, 2.05) is 38.1 Å².